The molecule has 2 fully saturated rings. The van der Waals surface area contributed by atoms with Crippen LogP contribution in [0.3, 0.4) is 0 Å². The fourth-order valence-electron chi connectivity index (χ4n) is 2.67. The number of imide groups is 1. The molecule has 2 amide bonds. The summed E-state index contributed by atoms with van der Waals surface area (Å²) in [5.41, 5.74) is -0.594. The third-order valence-electron chi connectivity index (χ3n) is 3.59. The number of hydrogen-bond acceptors (Lipinski definition) is 5. The van der Waals surface area contributed by atoms with Gasteiger partial charge in [-0.25, -0.2) is 8.42 Å². The monoisotopic (exact) mass is 274 g/mol. The number of likely N-dealkylation sites (tertiary alicyclic amines) is 1. The zero-order chi connectivity index (χ0) is 13.6. The van der Waals surface area contributed by atoms with Crippen molar-refractivity contribution < 1.29 is 18.0 Å². The lowest BCUT2D eigenvalue weighted by atomic mass is 10.00. The molecule has 102 valence electrons. The molecule has 2 aliphatic rings. The first kappa shape index (κ1) is 13.5. The Morgan fingerprint density at radius 3 is 2.56 bits per heavy atom. The largest absolute Gasteiger partial charge is 0.299 e. The second-order valence-corrected chi connectivity index (χ2v) is 7.46. The number of sulfone groups is 1. The van der Waals surface area contributed by atoms with Gasteiger partial charge < -0.3 is 0 Å². The van der Waals surface area contributed by atoms with Crippen molar-refractivity contribution in [1.82, 2.24) is 10.2 Å². The molecule has 2 heterocycles. The summed E-state index contributed by atoms with van der Waals surface area (Å²) in [6.07, 6.45) is 0.613. The quantitative estimate of drug-likeness (QED) is 0.688. The van der Waals surface area contributed by atoms with Crippen molar-refractivity contribution in [2.75, 3.05) is 18.1 Å². The topological polar surface area (TPSA) is 83.6 Å². The summed E-state index contributed by atoms with van der Waals surface area (Å²) >= 11 is 0. The van der Waals surface area contributed by atoms with Gasteiger partial charge in [0.15, 0.2) is 9.84 Å². The van der Waals surface area contributed by atoms with Crippen LogP contribution in [0.2, 0.25) is 0 Å². The number of amides is 2. The molecule has 0 radical (unpaired) electrons. The van der Waals surface area contributed by atoms with Crippen LogP contribution in [-0.2, 0) is 19.4 Å². The van der Waals surface area contributed by atoms with E-state index >= 15 is 0 Å². The standard InChI is InChI=1S/C11H18N2O4S/c1-3-13-9(14)6-8(10(13)15)12-11(2)4-5-18(16,17)7-11/h8,12H,3-7H2,1-2H3. The van der Waals surface area contributed by atoms with Crippen LogP contribution in [0.5, 0.6) is 0 Å². The van der Waals surface area contributed by atoms with Gasteiger partial charge in [-0.3, -0.25) is 19.8 Å². The van der Waals surface area contributed by atoms with Gasteiger partial charge >= 0.3 is 0 Å². The maximum atomic E-state index is 11.9. The lowest BCUT2D eigenvalue weighted by molar-refractivity contribution is -0.138. The molecule has 2 unspecified atom stereocenters. The van der Waals surface area contributed by atoms with Crippen LogP contribution < -0.4 is 5.32 Å². The van der Waals surface area contributed by atoms with Gasteiger partial charge in [-0.05, 0) is 20.3 Å². The summed E-state index contributed by atoms with van der Waals surface area (Å²) < 4.78 is 23.0. The summed E-state index contributed by atoms with van der Waals surface area (Å²) in [5, 5.41) is 3.06. The van der Waals surface area contributed by atoms with Crippen LogP contribution in [0.25, 0.3) is 0 Å². The van der Waals surface area contributed by atoms with E-state index in [0.717, 1.165) is 0 Å². The number of rotatable bonds is 3. The number of nitrogens with zero attached hydrogens (tertiary/aromatic N) is 1. The van der Waals surface area contributed by atoms with Crippen molar-refractivity contribution >= 4 is 21.7 Å². The Morgan fingerprint density at radius 1 is 1.44 bits per heavy atom. The fraction of sp³-hybridized carbons (Fsp3) is 0.818. The number of nitrogens with one attached hydrogen (secondary N) is 1. The van der Waals surface area contributed by atoms with Crippen molar-refractivity contribution in [3.8, 4) is 0 Å². The highest BCUT2D eigenvalue weighted by Crippen LogP contribution is 2.25. The molecule has 2 saturated heterocycles. The summed E-state index contributed by atoms with van der Waals surface area (Å²) in [6.45, 7) is 3.91. The molecule has 0 spiro atoms. The van der Waals surface area contributed by atoms with Gasteiger partial charge in [0, 0.05) is 12.1 Å². The molecule has 7 heteroatoms. The summed E-state index contributed by atoms with van der Waals surface area (Å²) in [7, 11) is -3.02. The van der Waals surface area contributed by atoms with Gasteiger partial charge in [0.1, 0.15) is 0 Å². The fourth-order valence-corrected chi connectivity index (χ4v) is 4.78. The van der Waals surface area contributed by atoms with Crippen molar-refractivity contribution in [1.29, 1.82) is 0 Å². The van der Waals surface area contributed by atoms with Crippen LogP contribution in [0.4, 0.5) is 0 Å². The molecular formula is C11H18N2O4S. The predicted octanol–water partition coefficient (Wildman–Crippen LogP) is -0.699. The van der Waals surface area contributed by atoms with E-state index < -0.39 is 21.4 Å². The molecular weight excluding hydrogens is 256 g/mol. The molecule has 2 atom stereocenters. The summed E-state index contributed by atoms with van der Waals surface area (Å²) in [5.74, 6) is -0.259. The van der Waals surface area contributed by atoms with Crippen molar-refractivity contribution in [2.45, 2.75) is 38.3 Å². The molecule has 2 rings (SSSR count). The Labute approximate surface area is 107 Å². The SMILES string of the molecule is CCN1C(=O)CC(NC2(C)CCS(=O)(=O)C2)C1=O. The Hall–Kier alpha value is -0.950. The molecule has 0 aromatic carbocycles. The van der Waals surface area contributed by atoms with E-state index in [-0.39, 0.29) is 29.7 Å². The van der Waals surface area contributed by atoms with Crippen LogP contribution in [0, 0.1) is 0 Å². The van der Waals surface area contributed by atoms with Gasteiger partial charge in [0.25, 0.3) is 0 Å². The van der Waals surface area contributed by atoms with E-state index in [9.17, 15) is 18.0 Å². The van der Waals surface area contributed by atoms with Crippen molar-refractivity contribution in [3.05, 3.63) is 0 Å². The average Bonchev–Trinajstić information content (AvgIpc) is 2.66. The minimum absolute atomic E-state index is 0.0318. The first-order valence-electron chi connectivity index (χ1n) is 6.09. The second kappa shape index (κ2) is 4.31. The number of hydrogen-bond donors (Lipinski definition) is 1. The normalized spacial score (nSPS) is 35.4. The van der Waals surface area contributed by atoms with E-state index in [2.05, 4.69) is 5.32 Å². The molecule has 1 N–H and O–H groups in total. The van der Waals surface area contributed by atoms with E-state index in [1.54, 1.807) is 13.8 Å². The summed E-state index contributed by atoms with van der Waals surface area (Å²) in [4.78, 5) is 24.7. The molecule has 2 aliphatic heterocycles. The van der Waals surface area contributed by atoms with Gasteiger partial charge in [-0.15, -0.1) is 0 Å². The number of likely N-dealkylation sites (N-methyl/N-ethyl adjacent to an activating group) is 1. The van der Waals surface area contributed by atoms with Crippen molar-refractivity contribution in [3.63, 3.8) is 0 Å². The predicted molar refractivity (Wildman–Crippen MR) is 65.6 cm³/mol. The lowest BCUT2D eigenvalue weighted by Crippen LogP contribution is -2.51. The highest BCUT2D eigenvalue weighted by atomic mass is 32.2. The first-order valence-corrected chi connectivity index (χ1v) is 7.91. The van der Waals surface area contributed by atoms with E-state index in [1.807, 2.05) is 0 Å². The second-order valence-electron chi connectivity index (χ2n) is 5.28. The minimum Gasteiger partial charge on any atom is -0.299 e. The zero-order valence-corrected chi connectivity index (χ0v) is 11.4. The van der Waals surface area contributed by atoms with Crippen LogP contribution in [0.15, 0.2) is 0 Å². The van der Waals surface area contributed by atoms with Crippen LogP contribution >= 0.6 is 0 Å². The highest BCUT2D eigenvalue weighted by Gasteiger charge is 2.45. The Kier molecular flexibility index (Phi) is 3.23. The van der Waals surface area contributed by atoms with Gasteiger partial charge in [-0.1, -0.05) is 0 Å². The number of carbonyl (C=O) groups is 2. The third kappa shape index (κ3) is 2.42. The molecule has 18 heavy (non-hydrogen) atoms. The molecule has 0 aliphatic carbocycles. The Bertz CT molecular complexity index is 487. The van der Waals surface area contributed by atoms with Gasteiger partial charge in [0.2, 0.25) is 11.8 Å². The summed E-state index contributed by atoms with van der Waals surface area (Å²) in [6, 6.07) is -0.573. The molecule has 0 bridgehead atoms. The third-order valence-corrected chi connectivity index (χ3v) is 5.49. The minimum atomic E-state index is -3.02. The maximum absolute atomic E-state index is 11.9. The van der Waals surface area contributed by atoms with E-state index in [0.29, 0.717) is 13.0 Å². The van der Waals surface area contributed by atoms with E-state index in [4.69, 9.17) is 0 Å². The lowest BCUT2D eigenvalue weighted by Gasteiger charge is -2.27. The zero-order valence-electron chi connectivity index (χ0n) is 10.6. The van der Waals surface area contributed by atoms with Crippen LogP contribution in [0.1, 0.15) is 26.7 Å². The molecule has 0 aromatic rings. The first-order chi connectivity index (χ1) is 8.26. The highest BCUT2D eigenvalue weighted by molar-refractivity contribution is 7.91. The van der Waals surface area contributed by atoms with Crippen molar-refractivity contribution in [2.24, 2.45) is 0 Å². The molecule has 0 saturated carbocycles. The van der Waals surface area contributed by atoms with Gasteiger partial charge in [0.05, 0.1) is 24.0 Å². The maximum Gasteiger partial charge on any atom is 0.246 e. The average molecular weight is 274 g/mol. The Balaban J connectivity index is 2.08. The van der Waals surface area contributed by atoms with E-state index in [1.165, 1.54) is 4.90 Å². The Morgan fingerprint density at radius 2 is 2.11 bits per heavy atom. The van der Waals surface area contributed by atoms with Gasteiger partial charge in [-0.2, -0.15) is 0 Å². The molecule has 6 nitrogen and oxygen atoms in total. The number of carbonyl (C=O) groups excluding carboxylic acids is 2. The smallest absolute Gasteiger partial charge is 0.246 e. The molecule has 0 aromatic heterocycles. The van der Waals surface area contributed by atoms with Crippen LogP contribution in [-0.4, -0.2) is 54.8 Å².